The van der Waals surface area contributed by atoms with E-state index in [4.69, 9.17) is 5.11 Å². The van der Waals surface area contributed by atoms with Crippen LogP contribution in [0.2, 0.25) is 0 Å². The smallest absolute Gasteiger partial charge is 0.0684 e. The minimum atomic E-state index is -0.322. The lowest BCUT2D eigenvalue weighted by Crippen LogP contribution is -2.15. The van der Waals surface area contributed by atoms with Crippen LogP contribution in [0, 0.1) is 6.92 Å². The first-order chi connectivity index (χ1) is 5.70. The van der Waals surface area contributed by atoms with E-state index in [-0.39, 0.29) is 6.10 Å². The minimum Gasteiger partial charge on any atom is -0.392 e. The highest BCUT2D eigenvalue weighted by Gasteiger charge is 1.97. The molecule has 3 nitrogen and oxygen atoms in total. The first-order valence-corrected chi connectivity index (χ1v) is 4.02. The van der Waals surface area contributed by atoms with E-state index in [0.29, 0.717) is 6.54 Å². The molecule has 1 atom stereocenters. The Balaban J connectivity index is 2.57. The monoisotopic (exact) mass is 166 g/mol. The second-order valence-electron chi connectivity index (χ2n) is 2.92. The van der Waals surface area contributed by atoms with Crippen molar-refractivity contribution in [3.63, 3.8) is 0 Å². The van der Waals surface area contributed by atoms with E-state index < -0.39 is 0 Å². The summed E-state index contributed by atoms with van der Waals surface area (Å²) in [6.45, 7) is 4.31. The predicted molar refractivity (Wildman–Crippen MR) is 49.1 cm³/mol. The lowest BCUT2D eigenvalue weighted by Gasteiger charge is -2.09. The van der Waals surface area contributed by atoms with E-state index in [1.54, 1.807) is 19.3 Å². The highest BCUT2D eigenvalue weighted by Crippen LogP contribution is 2.10. The summed E-state index contributed by atoms with van der Waals surface area (Å²) in [5.74, 6) is 0. The second-order valence-corrected chi connectivity index (χ2v) is 2.92. The third kappa shape index (κ3) is 2.51. The molecule has 1 heterocycles. The number of hydrogen-bond donors (Lipinski definition) is 2. The van der Waals surface area contributed by atoms with Crippen molar-refractivity contribution in [1.29, 1.82) is 0 Å². The van der Waals surface area contributed by atoms with Crippen LogP contribution < -0.4 is 5.32 Å². The summed E-state index contributed by atoms with van der Waals surface area (Å²) in [5, 5.41) is 12.1. The molecule has 0 fully saturated rings. The Labute approximate surface area is 72.5 Å². The van der Waals surface area contributed by atoms with Crippen LogP contribution in [0.25, 0.3) is 0 Å². The van der Waals surface area contributed by atoms with E-state index in [0.717, 1.165) is 11.3 Å². The van der Waals surface area contributed by atoms with Gasteiger partial charge in [0, 0.05) is 24.6 Å². The van der Waals surface area contributed by atoms with Gasteiger partial charge in [-0.1, -0.05) is 0 Å². The molecule has 0 saturated carbocycles. The van der Waals surface area contributed by atoms with Gasteiger partial charge in [0.05, 0.1) is 6.10 Å². The van der Waals surface area contributed by atoms with E-state index in [1.165, 1.54) is 0 Å². The van der Waals surface area contributed by atoms with Crippen LogP contribution in [0.15, 0.2) is 18.5 Å². The number of anilines is 1. The standard InChI is InChI=1S/C9H14N2O/c1-7-5-10-4-3-9(7)11-6-8(2)12/h3-5,8,12H,6H2,1-2H3,(H,10,11)/t8-/m0/s1. The van der Waals surface area contributed by atoms with Crippen LogP contribution in [-0.2, 0) is 0 Å². The van der Waals surface area contributed by atoms with Gasteiger partial charge in [-0.25, -0.2) is 0 Å². The van der Waals surface area contributed by atoms with Gasteiger partial charge in [0.2, 0.25) is 0 Å². The third-order valence-electron chi connectivity index (χ3n) is 1.61. The van der Waals surface area contributed by atoms with Crippen molar-refractivity contribution in [2.24, 2.45) is 0 Å². The number of pyridine rings is 1. The molecular weight excluding hydrogens is 152 g/mol. The molecule has 66 valence electrons. The zero-order valence-electron chi connectivity index (χ0n) is 7.41. The highest BCUT2D eigenvalue weighted by molar-refractivity contribution is 5.48. The van der Waals surface area contributed by atoms with Crippen molar-refractivity contribution in [3.8, 4) is 0 Å². The second kappa shape index (κ2) is 4.07. The highest BCUT2D eigenvalue weighted by atomic mass is 16.3. The maximum Gasteiger partial charge on any atom is 0.0684 e. The number of aliphatic hydroxyl groups is 1. The molecule has 0 amide bonds. The van der Waals surface area contributed by atoms with Crippen LogP contribution in [0.3, 0.4) is 0 Å². The summed E-state index contributed by atoms with van der Waals surface area (Å²) in [4.78, 5) is 3.97. The van der Waals surface area contributed by atoms with Crippen LogP contribution >= 0.6 is 0 Å². The van der Waals surface area contributed by atoms with Crippen molar-refractivity contribution >= 4 is 5.69 Å². The summed E-state index contributed by atoms with van der Waals surface area (Å²) in [7, 11) is 0. The molecule has 0 radical (unpaired) electrons. The summed E-state index contributed by atoms with van der Waals surface area (Å²) >= 11 is 0. The summed E-state index contributed by atoms with van der Waals surface area (Å²) in [6.07, 6.45) is 3.21. The summed E-state index contributed by atoms with van der Waals surface area (Å²) in [6, 6.07) is 1.90. The van der Waals surface area contributed by atoms with Crippen LogP contribution in [0.1, 0.15) is 12.5 Å². The van der Waals surface area contributed by atoms with E-state index in [9.17, 15) is 0 Å². The SMILES string of the molecule is Cc1cnccc1NC[C@H](C)O. The molecule has 3 heteroatoms. The fourth-order valence-corrected chi connectivity index (χ4v) is 0.929. The summed E-state index contributed by atoms with van der Waals surface area (Å²) < 4.78 is 0. The molecule has 0 spiro atoms. The zero-order valence-corrected chi connectivity index (χ0v) is 7.41. The molecule has 1 aromatic rings. The van der Waals surface area contributed by atoms with Crippen molar-refractivity contribution in [2.75, 3.05) is 11.9 Å². The number of hydrogen-bond acceptors (Lipinski definition) is 3. The Kier molecular flexibility index (Phi) is 3.05. The van der Waals surface area contributed by atoms with Gasteiger partial charge in [-0.2, -0.15) is 0 Å². The van der Waals surface area contributed by atoms with Gasteiger partial charge in [0.15, 0.2) is 0 Å². The predicted octanol–water partition coefficient (Wildman–Crippen LogP) is 1.18. The van der Waals surface area contributed by atoms with Crippen LogP contribution in [0.4, 0.5) is 5.69 Å². The quantitative estimate of drug-likeness (QED) is 0.708. The Bertz CT molecular complexity index is 248. The van der Waals surface area contributed by atoms with Gasteiger partial charge in [-0.3, -0.25) is 4.98 Å². The van der Waals surface area contributed by atoms with Gasteiger partial charge in [-0.05, 0) is 25.5 Å². The molecule has 0 saturated heterocycles. The normalized spacial score (nSPS) is 12.6. The Morgan fingerprint density at radius 1 is 1.67 bits per heavy atom. The third-order valence-corrected chi connectivity index (χ3v) is 1.61. The number of aromatic nitrogens is 1. The Morgan fingerprint density at radius 2 is 2.42 bits per heavy atom. The van der Waals surface area contributed by atoms with Crippen molar-refractivity contribution in [3.05, 3.63) is 24.0 Å². The number of nitrogens with zero attached hydrogens (tertiary/aromatic N) is 1. The van der Waals surface area contributed by atoms with Crippen molar-refractivity contribution in [2.45, 2.75) is 20.0 Å². The Hall–Kier alpha value is -1.09. The molecule has 0 unspecified atom stereocenters. The molecule has 0 aromatic carbocycles. The minimum absolute atomic E-state index is 0.322. The molecule has 0 aliphatic heterocycles. The fraction of sp³-hybridized carbons (Fsp3) is 0.444. The van der Waals surface area contributed by atoms with Crippen molar-refractivity contribution < 1.29 is 5.11 Å². The first-order valence-electron chi connectivity index (χ1n) is 4.02. The van der Waals surface area contributed by atoms with Gasteiger partial charge >= 0.3 is 0 Å². The maximum atomic E-state index is 9.03. The van der Waals surface area contributed by atoms with Gasteiger partial charge in [0.25, 0.3) is 0 Å². The molecule has 0 aliphatic carbocycles. The largest absolute Gasteiger partial charge is 0.392 e. The number of aliphatic hydroxyl groups excluding tert-OH is 1. The molecule has 12 heavy (non-hydrogen) atoms. The number of rotatable bonds is 3. The average molecular weight is 166 g/mol. The van der Waals surface area contributed by atoms with Gasteiger partial charge in [-0.15, -0.1) is 0 Å². The number of aryl methyl sites for hydroxylation is 1. The zero-order chi connectivity index (χ0) is 8.97. The fourth-order valence-electron chi connectivity index (χ4n) is 0.929. The van der Waals surface area contributed by atoms with E-state index in [1.807, 2.05) is 13.0 Å². The lowest BCUT2D eigenvalue weighted by molar-refractivity contribution is 0.208. The van der Waals surface area contributed by atoms with Crippen LogP contribution in [-0.4, -0.2) is 22.7 Å². The van der Waals surface area contributed by atoms with E-state index >= 15 is 0 Å². The van der Waals surface area contributed by atoms with Gasteiger partial charge < -0.3 is 10.4 Å². The van der Waals surface area contributed by atoms with Crippen LogP contribution in [0.5, 0.6) is 0 Å². The summed E-state index contributed by atoms with van der Waals surface area (Å²) in [5.41, 5.74) is 2.13. The molecule has 0 aliphatic rings. The molecular formula is C9H14N2O. The van der Waals surface area contributed by atoms with Crippen molar-refractivity contribution in [1.82, 2.24) is 4.98 Å². The van der Waals surface area contributed by atoms with E-state index in [2.05, 4.69) is 10.3 Å². The molecule has 2 N–H and O–H groups in total. The number of nitrogens with one attached hydrogen (secondary N) is 1. The first kappa shape index (κ1) is 9.00. The lowest BCUT2D eigenvalue weighted by atomic mass is 10.2. The van der Waals surface area contributed by atoms with Gasteiger partial charge in [0.1, 0.15) is 0 Å². The molecule has 1 rings (SSSR count). The average Bonchev–Trinajstić information content (AvgIpc) is 2.03. The molecule has 0 bridgehead atoms. The Morgan fingerprint density at radius 3 is 3.00 bits per heavy atom. The molecule has 1 aromatic heterocycles. The maximum absolute atomic E-state index is 9.03. The topological polar surface area (TPSA) is 45.2 Å².